The van der Waals surface area contributed by atoms with E-state index in [0.29, 0.717) is 5.92 Å². The van der Waals surface area contributed by atoms with Crippen LogP contribution >= 0.6 is 27.5 Å². The van der Waals surface area contributed by atoms with Crippen LogP contribution in [0.25, 0.3) is 0 Å². The van der Waals surface area contributed by atoms with Crippen molar-refractivity contribution in [1.29, 1.82) is 0 Å². The molecule has 1 aromatic carbocycles. The van der Waals surface area contributed by atoms with Gasteiger partial charge in [0.15, 0.2) is 0 Å². The molecule has 1 aromatic rings. The molecule has 0 bridgehead atoms. The Balaban J connectivity index is 1.99. The lowest BCUT2D eigenvalue weighted by molar-refractivity contribution is 0.222. The SMILES string of the molecule is ClCC(Cc1cccc(Br)c1)C1CCC1. The van der Waals surface area contributed by atoms with E-state index >= 15 is 0 Å². The predicted octanol–water partition coefficient (Wildman–Crippen LogP) is 4.65. The smallest absolute Gasteiger partial charge is 0.0257 e. The van der Waals surface area contributed by atoms with E-state index in [1.165, 1.54) is 29.3 Å². The van der Waals surface area contributed by atoms with Crippen LogP contribution < -0.4 is 0 Å². The molecule has 82 valence electrons. The van der Waals surface area contributed by atoms with Crippen LogP contribution in [0.4, 0.5) is 0 Å². The van der Waals surface area contributed by atoms with Crippen molar-refractivity contribution in [3.05, 3.63) is 34.3 Å². The number of halogens is 2. The molecule has 0 aromatic heterocycles. The summed E-state index contributed by atoms with van der Waals surface area (Å²) >= 11 is 9.56. The van der Waals surface area contributed by atoms with Gasteiger partial charge in [-0.2, -0.15) is 0 Å². The minimum Gasteiger partial charge on any atom is -0.126 e. The van der Waals surface area contributed by atoms with Crippen LogP contribution in [0.2, 0.25) is 0 Å². The highest BCUT2D eigenvalue weighted by molar-refractivity contribution is 9.10. The molecule has 0 radical (unpaired) electrons. The molecule has 0 spiro atoms. The van der Waals surface area contributed by atoms with Gasteiger partial charge < -0.3 is 0 Å². The number of alkyl halides is 1. The van der Waals surface area contributed by atoms with Gasteiger partial charge in [0.05, 0.1) is 0 Å². The largest absolute Gasteiger partial charge is 0.126 e. The van der Waals surface area contributed by atoms with Gasteiger partial charge in [-0.05, 0) is 36.0 Å². The van der Waals surface area contributed by atoms with Crippen molar-refractivity contribution in [2.45, 2.75) is 25.7 Å². The van der Waals surface area contributed by atoms with E-state index in [-0.39, 0.29) is 0 Å². The van der Waals surface area contributed by atoms with Crippen molar-refractivity contribution < 1.29 is 0 Å². The lowest BCUT2D eigenvalue weighted by Crippen LogP contribution is -2.25. The van der Waals surface area contributed by atoms with Crippen LogP contribution in [0.1, 0.15) is 24.8 Å². The average Bonchev–Trinajstić information content (AvgIpc) is 2.14. The van der Waals surface area contributed by atoms with Gasteiger partial charge in [-0.15, -0.1) is 11.6 Å². The number of hydrogen-bond acceptors (Lipinski definition) is 0. The lowest BCUT2D eigenvalue weighted by Gasteiger charge is -2.32. The monoisotopic (exact) mass is 286 g/mol. The summed E-state index contributed by atoms with van der Waals surface area (Å²) in [5.74, 6) is 2.35. The minimum atomic E-state index is 0.676. The van der Waals surface area contributed by atoms with E-state index < -0.39 is 0 Å². The van der Waals surface area contributed by atoms with Crippen LogP contribution in [0.3, 0.4) is 0 Å². The Hall–Kier alpha value is -0.0100. The van der Waals surface area contributed by atoms with Crippen LogP contribution in [0.5, 0.6) is 0 Å². The van der Waals surface area contributed by atoms with Gasteiger partial charge >= 0.3 is 0 Å². The van der Waals surface area contributed by atoms with Crippen molar-refractivity contribution in [3.8, 4) is 0 Å². The quantitative estimate of drug-likeness (QED) is 0.707. The number of rotatable bonds is 4. The zero-order chi connectivity index (χ0) is 10.7. The fraction of sp³-hybridized carbons (Fsp3) is 0.538. The molecule has 1 saturated carbocycles. The molecule has 1 aliphatic carbocycles. The number of hydrogen-bond donors (Lipinski definition) is 0. The summed E-state index contributed by atoms with van der Waals surface area (Å²) in [5.41, 5.74) is 1.40. The molecule has 1 aliphatic rings. The van der Waals surface area contributed by atoms with Crippen LogP contribution in [0.15, 0.2) is 28.7 Å². The van der Waals surface area contributed by atoms with Gasteiger partial charge in [0, 0.05) is 10.4 Å². The van der Waals surface area contributed by atoms with E-state index in [1.807, 2.05) is 0 Å². The lowest BCUT2D eigenvalue weighted by atomic mass is 9.74. The zero-order valence-corrected chi connectivity index (χ0v) is 11.1. The average molecular weight is 288 g/mol. The van der Waals surface area contributed by atoms with E-state index in [9.17, 15) is 0 Å². The van der Waals surface area contributed by atoms with Crippen LogP contribution in [-0.4, -0.2) is 5.88 Å². The maximum atomic E-state index is 6.05. The van der Waals surface area contributed by atoms with Gasteiger partial charge in [0.1, 0.15) is 0 Å². The van der Waals surface area contributed by atoms with E-state index in [1.54, 1.807) is 0 Å². The van der Waals surface area contributed by atoms with Gasteiger partial charge in [-0.25, -0.2) is 0 Å². The van der Waals surface area contributed by atoms with E-state index in [4.69, 9.17) is 11.6 Å². The molecule has 2 rings (SSSR count). The summed E-state index contributed by atoms with van der Waals surface area (Å²) in [6.07, 6.45) is 5.29. The molecule has 0 saturated heterocycles. The topological polar surface area (TPSA) is 0 Å². The van der Waals surface area contributed by atoms with Crippen molar-refractivity contribution in [1.82, 2.24) is 0 Å². The predicted molar refractivity (Wildman–Crippen MR) is 69.4 cm³/mol. The molecule has 0 aliphatic heterocycles. The summed E-state index contributed by atoms with van der Waals surface area (Å²) in [5, 5.41) is 0. The minimum absolute atomic E-state index is 0.676. The van der Waals surface area contributed by atoms with Crippen molar-refractivity contribution in [3.63, 3.8) is 0 Å². The summed E-state index contributed by atoms with van der Waals surface area (Å²) in [6, 6.07) is 8.58. The molecule has 0 nitrogen and oxygen atoms in total. The third kappa shape index (κ3) is 2.98. The van der Waals surface area contributed by atoms with Crippen LogP contribution in [-0.2, 0) is 6.42 Å². The Morgan fingerprint density at radius 1 is 1.40 bits per heavy atom. The Labute approximate surface area is 105 Å². The summed E-state index contributed by atoms with van der Waals surface area (Å²) in [4.78, 5) is 0. The Bertz CT molecular complexity index is 320. The molecule has 2 heteroatoms. The van der Waals surface area contributed by atoms with Gasteiger partial charge in [-0.1, -0.05) is 47.3 Å². The Kier molecular flexibility index (Phi) is 4.10. The highest BCUT2D eigenvalue weighted by Gasteiger charge is 2.26. The van der Waals surface area contributed by atoms with Gasteiger partial charge in [-0.3, -0.25) is 0 Å². The molecule has 1 unspecified atom stereocenters. The highest BCUT2D eigenvalue weighted by atomic mass is 79.9. The second kappa shape index (κ2) is 5.36. The second-order valence-electron chi connectivity index (χ2n) is 4.44. The molecule has 1 fully saturated rings. The first kappa shape index (κ1) is 11.5. The summed E-state index contributed by atoms with van der Waals surface area (Å²) < 4.78 is 1.17. The Morgan fingerprint density at radius 2 is 2.20 bits per heavy atom. The van der Waals surface area contributed by atoms with Gasteiger partial charge in [0.25, 0.3) is 0 Å². The first-order chi connectivity index (χ1) is 7.29. The Morgan fingerprint density at radius 3 is 2.73 bits per heavy atom. The standard InChI is InChI=1S/C13H16BrCl/c14-13-6-1-3-10(8-13)7-12(9-15)11-4-2-5-11/h1,3,6,8,11-12H,2,4-5,7,9H2. The van der Waals surface area contributed by atoms with Crippen molar-refractivity contribution in [2.24, 2.45) is 11.8 Å². The van der Waals surface area contributed by atoms with Crippen molar-refractivity contribution in [2.75, 3.05) is 5.88 Å². The maximum absolute atomic E-state index is 6.05. The highest BCUT2D eigenvalue weighted by Crippen LogP contribution is 2.36. The normalized spacial score (nSPS) is 18.5. The summed E-state index contributed by atoms with van der Waals surface area (Å²) in [6.45, 7) is 0. The van der Waals surface area contributed by atoms with Gasteiger partial charge in [0.2, 0.25) is 0 Å². The molecule has 1 atom stereocenters. The third-order valence-corrected chi connectivity index (χ3v) is 4.29. The maximum Gasteiger partial charge on any atom is 0.0257 e. The molecular weight excluding hydrogens is 272 g/mol. The first-order valence-corrected chi connectivity index (χ1v) is 6.93. The van der Waals surface area contributed by atoms with Crippen molar-refractivity contribution >= 4 is 27.5 Å². The van der Waals surface area contributed by atoms with Crippen LogP contribution in [0, 0.1) is 11.8 Å². The van der Waals surface area contributed by atoms with E-state index in [2.05, 4.69) is 40.2 Å². The second-order valence-corrected chi connectivity index (χ2v) is 5.66. The molecule has 0 heterocycles. The molecular formula is C13H16BrCl. The van der Waals surface area contributed by atoms with E-state index in [0.717, 1.165) is 18.2 Å². The molecule has 0 N–H and O–H groups in total. The fourth-order valence-corrected chi connectivity index (χ4v) is 3.03. The summed E-state index contributed by atoms with van der Waals surface area (Å²) in [7, 11) is 0. The molecule has 0 amide bonds. The number of benzene rings is 1. The first-order valence-electron chi connectivity index (χ1n) is 5.60. The molecule has 15 heavy (non-hydrogen) atoms. The fourth-order valence-electron chi connectivity index (χ4n) is 2.23. The third-order valence-electron chi connectivity index (χ3n) is 3.40. The zero-order valence-electron chi connectivity index (χ0n) is 8.76.